The molecule has 3 rings (SSSR count). The molecule has 4 nitrogen and oxygen atoms in total. The molecule has 0 aliphatic heterocycles. The molecule has 0 saturated carbocycles. The van der Waals surface area contributed by atoms with Crippen LogP contribution in [0.4, 0.5) is 0 Å². The van der Waals surface area contributed by atoms with Gasteiger partial charge in [0.05, 0.1) is 23.6 Å². The van der Waals surface area contributed by atoms with Gasteiger partial charge in [-0.25, -0.2) is 4.98 Å². The summed E-state index contributed by atoms with van der Waals surface area (Å²) in [4.78, 5) is 8.73. The van der Waals surface area contributed by atoms with Crippen molar-refractivity contribution in [2.24, 2.45) is 0 Å². The van der Waals surface area contributed by atoms with Gasteiger partial charge in [-0.05, 0) is 13.0 Å². The maximum Gasteiger partial charge on any atom is 0.124 e. The first-order chi connectivity index (χ1) is 8.40. The van der Waals surface area contributed by atoms with Crippen LogP contribution in [0.25, 0.3) is 21.9 Å². The van der Waals surface area contributed by atoms with Crippen molar-refractivity contribution in [2.45, 2.75) is 13.7 Å². The fourth-order valence-electron chi connectivity index (χ4n) is 1.99. The van der Waals surface area contributed by atoms with Gasteiger partial charge in [-0.2, -0.15) is 0 Å². The molecule has 0 unspecified atom stereocenters. The zero-order valence-corrected chi connectivity index (χ0v) is 9.63. The first-order valence-electron chi connectivity index (χ1n) is 5.66. The van der Waals surface area contributed by atoms with E-state index in [4.69, 9.17) is 4.74 Å². The Morgan fingerprint density at radius 3 is 2.94 bits per heavy atom. The van der Waals surface area contributed by atoms with Crippen molar-refractivity contribution >= 4 is 21.9 Å². The van der Waals surface area contributed by atoms with Crippen LogP contribution in [0.2, 0.25) is 0 Å². The zero-order valence-electron chi connectivity index (χ0n) is 9.63. The van der Waals surface area contributed by atoms with Crippen LogP contribution in [-0.2, 0) is 11.5 Å². The average Bonchev–Trinajstić information content (AvgIpc) is 2.80. The van der Waals surface area contributed by atoms with E-state index in [9.17, 15) is 0 Å². The number of imidazole rings is 1. The molecule has 0 N–H and O–H groups in total. The molecule has 2 aromatic heterocycles. The van der Waals surface area contributed by atoms with Gasteiger partial charge in [0.15, 0.2) is 0 Å². The van der Waals surface area contributed by atoms with Crippen molar-refractivity contribution in [3.8, 4) is 0 Å². The molecule has 0 aliphatic carbocycles. The van der Waals surface area contributed by atoms with Crippen molar-refractivity contribution in [1.29, 1.82) is 0 Å². The smallest absolute Gasteiger partial charge is 0.124 e. The van der Waals surface area contributed by atoms with Crippen molar-refractivity contribution in [2.75, 3.05) is 6.61 Å². The zero-order chi connectivity index (χ0) is 11.7. The van der Waals surface area contributed by atoms with Crippen LogP contribution >= 0.6 is 0 Å². The SMILES string of the molecule is CCOCn1cnc2cnc3ccccc3c21. The number of benzene rings is 1. The van der Waals surface area contributed by atoms with Crippen LogP contribution in [0, 0.1) is 0 Å². The molecular weight excluding hydrogens is 214 g/mol. The van der Waals surface area contributed by atoms with Gasteiger partial charge in [-0.1, -0.05) is 18.2 Å². The fraction of sp³-hybridized carbons (Fsp3) is 0.231. The largest absolute Gasteiger partial charge is 0.361 e. The molecule has 0 spiro atoms. The first kappa shape index (κ1) is 10.2. The number of hydrogen-bond donors (Lipinski definition) is 0. The van der Waals surface area contributed by atoms with Gasteiger partial charge in [0.25, 0.3) is 0 Å². The summed E-state index contributed by atoms with van der Waals surface area (Å²) in [6, 6.07) is 8.08. The predicted molar refractivity (Wildman–Crippen MR) is 66.7 cm³/mol. The van der Waals surface area contributed by atoms with E-state index in [-0.39, 0.29) is 0 Å². The van der Waals surface area contributed by atoms with E-state index in [1.807, 2.05) is 29.7 Å². The fourth-order valence-corrected chi connectivity index (χ4v) is 1.99. The summed E-state index contributed by atoms with van der Waals surface area (Å²) in [6.07, 6.45) is 3.61. The summed E-state index contributed by atoms with van der Waals surface area (Å²) in [5, 5.41) is 1.11. The lowest BCUT2D eigenvalue weighted by Gasteiger charge is -2.05. The topological polar surface area (TPSA) is 39.9 Å². The van der Waals surface area contributed by atoms with Crippen LogP contribution < -0.4 is 0 Å². The summed E-state index contributed by atoms with van der Waals surface area (Å²) < 4.78 is 7.45. The van der Waals surface area contributed by atoms with E-state index < -0.39 is 0 Å². The minimum absolute atomic E-state index is 0.529. The minimum Gasteiger partial charge on any atom is -0.361 e. The Morgan fingerprint density at radius 1 is 1.18 bits per heavy atom. The Morgan fingerprint density at radius 2 is 2.06 bits per heavy atom. The lowest BCUT2D eigenvalue weighted by molar-refractivity contribution is 0.0906. The summed E-state index contributed by atoms with van der Waals surface area (Å²) in [6.45, 7) is 3.21. The highest BCUT2D eigenvalue weighted by atomic mass is 16.5. The number of pyridine rings is 1. The summed E-state index contributed by atoms with van der Waals surface area (Å²) >= 11 is 0. The van der Waals surface area contributed by atoms with Gasteiger partial charge in [-0.3, -0.25) is 4.98 Å². The number of para-hydroxylation sites is 1. The summed E-state index contributed by atoms with van der Waals surface area (Å²) in [5.41, 5.74) is 2.98. The second kappa shape index (κ2) is 4.14. The van der Waals surface area contributed by atoms with Crippen LogP contribution in [0.3, 0.4) is 0 Å². The molecule has 2 heterocycles. The number of aromatic nitrogens is 3. The molecule has 0 atom stereocenters. The van der Waals surface area contributed by atoms with Crippen LogP contribution in [0.1, 0.15) is 6.92 Å². The highest BCUT2D eigenvalue weighted by molar-refractivity contribution is 6.01. The molecule has 0 radical (unpaired) electrons. The van der Waals surface area contributed by atoms with Gasteiger partial charge in [0.1, 0.15) is 12.2 Å². The molecule has 4 heteroatoms. The van der Waals surface area contributed by atoms with Crippen LogP contribution in [0.5, 0.6) is 0 Å². The molecule has 0 saturated heterocycles. The lowest BCUT2D eigenvalue weighted by atomic mass is 10.2. The van der Waals surface area contributed by atoms with E-state index >= 15 is 0 Å². The summed E-state index contributed by atoms with van der Waals surface area (Å²) in [7, 11) is 0. The van der Waals surface area contributed by atoms with Gasteiger partial charge < -0.3 is 9.30 Å². The third kappa shape index (κ3) is 1.66. The second-order valence-corrected chi connectivity index (χ2v) is 3.85. The van der Waals surface area contributed by atoms with Gasteiger partial charge in [0.2, 0.25) is 0 Å². The molecule has 0 aliphatic rings. The van der Waals surface area contributed by atoms with Gasteiger partial charge in [0, 0.05) is 12.0 Å². The van der Waals surface area contributed by atoms with Crippen molar-refractivity contribution < 1.29 is 4.74 Å². The molecule has 0 fully saturated rings. The molecule has 0 amide bonds. The Balaban J connectivity index is 2.27. The number of hydrogen-bond acceptors (Lipinski definition) is 3. The van der Waals surface area contributed by atoms with E-state index in [1.54, 1.807) is 12.5 Å². The molecule has 1 aromatic carbocycles. The number of ether oxygens (including phenoxy) is 1. The quantitative estimate of drug-likeness (QED) is 0.690. The second-order valence-electron chi connectivity index (χ2n) is 3.85. The highest BCUT2D eigenvalue weighted by Gasteiger charge is 2.07. The third-order valence-corrected chi connectivity index (χ3v) is 2.79. The average molecular weight is 227 g/mol. The van der Waals surface area contributed by atoms with Crippen molar-refractivity contribution in [3.63, 3.8) is 0 Å². The first-order valence-corrected chi connectivity index (χ1v) is 5.66. The number of rotatable bonds is 3. The minimum atomic E-state index is 0.529. The van der Waals surface area contributed by atoms with E-state index in [2.05, 4.69) is 16.0 Å². The Bertz CT molecular complexity index is 660. The Hall–Kier alpha value is -1.94. The summed E-state index contributed by atoms with van der Waals surface area (Å²) in [5.74, 6) is 0. The number of fused-ring (bicyclic) bond motifs is 3. The third-order valence-electron chi connectivity index (χ3n) is 2.79. The Labute approximate surface area is 98.9 Å². The van der Waals surface area contributed by atoms with E-state index in [0.29, 0.717) is 13.3 Å². The van der Waals surface area contributed by atoms with Crippen molar-refractivity contribution in [1.82, 2.24) is 14.5 Å². The van der Waals surface area contributed by atoms with Crippen molar-refractivity contribution in [3.05, 3.63) is 36.8 Å². The molecule has 86 valence electrons. The van der Waals surface area contributed by atoms with E-state index in [1.165, 1.54) is 0 Å². The van der Waals surface area contributed by atoms with Crippen LogP contribution in [-0.4, -0.2) is 21.1 Å². The van der Waals surface area contributed by atoms with Gasteiger partial charge in [-0.15, -0.1) is 0 Å². The van der Waals surface area contributed by atoms with E-state index in [0.717, 1.165) is 21.9 Å². The normalized spacial score (nSPS) is 11.4. The predicted octanol–water partition coefficient (Wildman–Crippen LogP) is 2.58. The lowest BCUT2D eigenvalue weighted by Crippen LogP contribution is -2.00. The molecule has 3 aromatic rings. The molecule has 0 bridgehead atoms. The maximum atomic E-state index is 5.44. The maximum absolute atomic E-state index is 5.44. The molecule has 17 heavy (non-hydrogen) atoms. The molecular formula is C13H13N3O. The van der Waals surface area contributed by atoms with Crippen LogP contribution in [0.15, 0.2) is 36.8 Å². The standard InChI is InChI=1S/C13H13N3O/c1-2-17-9-16-8-15-12-7-14-11-6-4-3-5-10(11)13(12)16/h3-8H,2,9H2,1H3. The monoisotopic (exact) mass is 227 g/mol. The van der Waals surface area contributed by atoms with Gasteiger partial charge >= 0.3 is 0 Å². The Kier molecular flexibility index (Phi) is 2.49. The highest BCUT2D eigenvalue weighted by Crippen LogP contribution is 2.22. The number of nitrogens with zero attached hydrogens (tertiary/aromatic N) is 3.